The number of nitrogens with zero attached hydrogens (tertiary/aromatic N) is 3. The number of rotatable bonds is 9. The number of H-pyrrole nitrogens is 1. The second kappa shape index (κ2) is 8.48. The fourth-order valence-electron chi connectivity index (χ4n) is 3.34. The van der Waals surface area contributed by atoms with Gasteiger partial charge in [0.25, 0.3) is 0 Å². The zero-order valence-electron chi connectivity index (χ0n) is 17.2. The molecule has 3 N–H and O–H groups in total. The summed E-state index contributed by atoms with van der Waals surface area (Å²) in [6.07, 6.45) is 1.65. The number of nitrogens with one attached hydrogen (secondary N) is 2. The van der Waals surface area contributed by atoms with Crippen molar-refractivity contribution in [3.8, 4) is 5.88 Å². The van der Waals surface area contributed by atoms with Crippen molar-refractivity contribution in [2.45, 2.75) is 20.5 Å². The van der Waals surface area contributed by atoms with Crippen LogP contribution < -0.4 is 10.1 Å². The number of benzene rings is 1. The second-order valence-electron chi connectivity index (χ2n) is 8.13. The van der Waals surface area contributed by atoms with Crippen LogP contribution in [0.1, 0.15) is 29.9 Å². The van der Waals surface area contributed by atoms with Gasteiger partial charge in [-0.2, -0.15) is 4.98 Å². The Balaban J connectivity index is 1.67. The number of carbonyl (C=O) groups is 1. The van der Waals surface area contributed by atoms with Gasteiger partial charge in [-0.1, -0.05) is 32.0 Å². The standard InChI is InChI=1S/C21H27N5O3/c1-21(2,13-26(3)4)12-23-20-22-9-8-17(25-20)29-11-15-7-5-6-14-10-16(19(27)28)24-18(14)15/h5-10,24H,11-13H2,1-4H3,(H,27,28)(H,22,23,25). The normalized spacial score (nSPS) is 11.8. The molecule has 0 aliphatic carbocycles. The van der Waals surface area contributed by atoms with Crippen LogP contribution in [-0.2, 0) is 6.61 Å². The summed E-state index contributed by atoms with van der Waals surface area (Å²) in [6, 6.07) is 8.95. The quantitative estimate of drug-likeness (QED) is 0.509. The van der Waals surface area contributed by atoms with Gasteiger partial charge >= 0.3 is 5.97 Å². The number of aromatic carboxylic acids is 1. The maximum absolute atomic E-state index is 11.2. The van der Waals surface area contributed by atoms with Crippen molar-refractivity contribution in [1.82, 2.24) is 19.9 Å². The van der Waals surface area contributed by atoms with Crippen molar-refractivity contribution < 1.29 is 14.6 Å². The number of anilines is 1. The summed E-state index contributed by atoms with van der Waals surface area (Å²) < 4.78 is 5.84. The third kappa shape index (κ3) is 5.45. The van der Waals surface area contributed by atoms with Gasteiger partial charge in [0.15, 0.2) is 0 Å². The number of aromatic amines is 1. The van der Waals surface area contributed by atoms with E-state index in [0.717, 1.165) is 29.6 Å². The van der Waals surface area contributed by atoms with Crippen LogP contribution in [0.5, 0.6) is 5.88 Å². The Hall–Kier alpha value is -3.13. The van der Waals surface area contributed by atoms with Crippen LogP contribution in [0.4, 0.5) is 5.95 Å². The third-order valence-electron chi connectivity index (χ3n) is 4.45. The first kappa shape index (κ1) is 20.6. The monoisotopic (exact) mass is 397 g/mol. The topological polar surface area (TPSA) is 103 Å². The number of carboxylic acids is 1. The van der Waals surface area contributed by atoms with Gasteiger partial charge in [-0.25, -0.2) is 9.78 Å². The van der Waals surface area contributed by atoms with Crippen molar-refractivity contribution in [3.05, 3.63) is 47.8 Å². The highest BCUT2D eigenvalue weighted by molar-refractivity contribution is 5.94. The Morgan fingerprint density at radius 3 is 2.83 bits per heavy atom. The molecule has 0 aliphatic heterocycles. The Morgan fingerprint density at radius 1 is 1.31 bits per heavy atom. The highest BCUT2D eigenvalue weighted by Crippen LogP contribution is 2.22. The molecule has 0 unspecified atom stereocenters. The molecule has 2 aromatic heterocycles. The molecule has 8 heteroatoms. The van der Waals surface area contributed by atoms with Gasteiger partial charge in [0.1, 0.15) is 12.3 Å². The van der Waals surface area contributed by atoms with Gasteiger partial charge in [0.05, 0.1) is 5.52 Å². The summed E-state index contributed by atoms with van der Waals surface area (Å²) in [7, 11) is 4.10. The Labute approximate surface area is 169 Å². The second-order valence-corrected chi connectivity index (χ2v) is 8.13. The molecule has 2 heterocycles. The van der Waals surface area contributed by atoms with Crippen LogP contribution >= 0.6 is 0 Å². The molecule has 1 aromatic carbocycles. The molecule has 0 aliphatic rings. The number of carboxylic acid groups (broad SMARTS) is 1. The molecular weight excluding hydrogens is 370 g/mol. The smallest absolute Gasteiger partial charge is 0.352 e. The lowest BCUT2D eigenvalue weighted by molar-refractivity contribution is 0.0691. The molecule has 29 heavy (non-hydrogen) atoms. The molecule has 3 rings (SSSR count). The Kier molecular flexibility index (Phi) is 6.03. The number of ether oxygens (including phenoxy) is 1. The van der Waals surface area contributed by atoms with Crippen molar-refractivity contribution in [1.29, 1.82) is 0 Å². The SMILES string of the molecule is CN(C)CC(C)(C)CNc1nccc(OCc2cccc3cc(C(=O)O)[nH]c23)n1. The molecule has 3 aromatic rings. The van der Waals surface area contributed by atoms with Gasteiger partial charge < -0.3 is 25.0 Å². The summed E-state index contributed by atoms with van der Waals surface area (Å²) >= 11 is 0. The summed E-state index contributed by atoms with van der Waals surface area (Å²) in [5.41, 5.74) is 1.83. The van der Waals surface area contributed by atoms with E-state index in [2.05, 4.69) is 53.1 Å². The van der Waals surface area contributed by atoms with Crippen LogP contribution in [0.25, 0.3) is 10.9 Å². The van der Waals surface area contributed by atoms with Crippen molar-refractivity contribution in [3.63, 3.8) is 0 Å². The molecule has 0 saturated heterocycles. The summed E-state index contributed by atoms with van der Waals surface area (Å²) in [5, 5.41) is 13.3. The fourth-order valence-corrected chi connectivity index (χ4v) is 3.34. The van der Waals surface area contributed by atoms with E-state index >= 15 is 0 Å². The van der Waals surface area contributed by atoms with Crippen molar-refractivity contribution in [2.24, 2.45) is 5.41 Å². The first-order valence-electron chi connectivity index (χ1n) is 9.42. The lowest BCUT2D eigenvalue weighted by Crippen LogP contribution is -2.34. The predicted molar refractivity (Wildman–Crippen MR) is 112 cm³/mol. The van der Waals surface area contributed by atoms with E-state index in [1.54, 1.807) is 18.3 Å². The molecule has 0 bridgehead atoms. The zero-order valence-corrected chi connectivity index (χ0v) is 17.2. The minimum Gasteiger partial charge on any atom is -0.477 e. The van der Waals surface area contributed by atoms with Gasteiger partial charge in [-0.15, -0.1) is 0 Å². The van der Waals surface area contributed by atoms with E-state index in [0.29, 0.717) is 11.8 Å². The summed E-state index contributed by atoms with van der Waals surface area (Å²) in [5.74, 6) is -0.0210. The van der Waals surface area contributed by atoms with Gasteiger partial charge in [0.2, 0.25) is 11.8 Å². The minimum absolute atomic E-state index is 0.0643. The largest absolute Gasteiger partial charge is 0.477 e. The zero-order chi connectivity index (χ0) is 21.0. The number of fused-ring (bicyclic) bond motifs is 1. The van der Waals surface area contributed by atoms with Crippen LogP contribution in [0.2, 0.25) is 0 Å². The van der Waals surface area contributed by atoms with Crippen molar-refractivity contribution in [2.75, 3.05) is 32.5 Å². The van der Waals surface area contributed by atoms with E-state index in [4.69, 9.17) is 4.74 Å². The maximum Gasteiger partial charge on any atom is 0.352 e. The number of hydrogen-bond acceptors (Lipinski definition) is 6. The van der Waals surface area contributed by atoms with Crippen LogP contribution in [0, 0.1) is 5.41 Å². The molecular formula is C21H27N5O3. The highest BCUT2D eigenvalue weighted by atomic mass is 16.5. The van der Waals surface area contributed by atoms with E-state index in [-0.39, 0.29) is 17.7 Å². The fraction of sp³-hybridized carbons (Fsp3) is 0.381. The van der Waals surface area contributed by atoms with E-state index < -0.39 is 5.97 Å². The van der Waals surface area contributed by atoms with E-state index in [1.807, 2.05) is 18.2 Å². The molecule has 0 atom stereocenters. The molecule has 8 nitrogen and oxygen atoms in total. The first-order chi connectivity index (χ1) is 13.7. The number of aromatic nitrogens is 3. The third-order valence-corrected chi connectivity index (χ3v) is 4.45. The predicted octanol–water partition coefficient (Wildman–Crippen LogP) is 3.23. The minimum atomic E-state index is -0.989. The number of hydrogen-bond donors (Lipinski definition) is 3. The van der Waals surface area contributed by atoms with Crippen molar-refractivity contribution >= 4 is 22.8 Å². The Bertz CT molecular complexity index is 997. The summed E-state index contributed by atoms with van der Waals surface area (Å²) in [4.78, 5) is 25.0. The van der Waals surface area contributed by atoms with Gasteiger partial charge in [0, 0.05) is 36.3 Å². The van der Waals surface area contributed by atoms with E-state index in [1.165, 1.54) is 0 Å². The lowest BCUT2D eigenvalue weighted by atomic mass is 9.93. The molecule has 0 saturated carbocycles. The van der Waals surface area contributed by atoms with Gasteiger partial charge in [-0.3, -0.25) is 0 Å². The highest BCUT2D eigenvalue weighted by Gasteiger charge is 2.19. The maximum atomic E-state index is 11.2. The molecule has 0 amide bonds. The summed E-state index contributed by atoms with van der Waals surface area (Å²) in [6.45, 7) is 6.30. The van der Waals surface area contributed by atoms with E-state index in [9.17, 15) is 9.90 Å². The van der Waals surface area contributed by atoms with Gasteiger partial charge in [-0.05, 0) is 25.6 Å². The molecule has 0 fully saturated rings. The Morgan fingerprint density at radius 2 is 2.10 bits per heavy atom. The average molecular weight is 397 g/mol. The number of para-hydroxylation sites is 1. The van der Waals surface area contributed by atoms with Crippen LogP contribution in [0.15, 0.2) is 36.5 Å². The molecule has 0 spiro atoms. The first-order valence-corrected chi connectivity index (χ1v) is 9.42. The molecule has 0 radical (unpaired) electrons. The lowest BCUT2D eigenvalue weighted by Gasteiger charge is -2.28. The van der Waals surface area contributed by atoms with Crippen LogP contribution in [0.3, 0.4) is 0 Å². The van der Waals surface area contributed by atoms with Crippen LogP contribution in [-0.4, -0.2) is 58.1 Å². The molecule has 154 valence electrons. The average Bonchev–Trinajstić information content (AvgIpc) is 3.09.